The summed E-state index contributed by atoms with van der Waals surface area (Å²) < 4.78 is 5.31. The molecule has 1 aromatic rings. The Labute approximate surface area is 121 Å². The maximum Gasteiger partial charge on any atom is 0.222 e. The highest BCUT2D eigenvalue weighted by atomic mass is 16.5. The third kappa shape index (κ3) is 3.14. The summed E-state index contributed by atoms with van der Waals surface area (Å²) in [6.45, 7) is 4.96. The number of ether oxygens (including phenoxy) is 1. The van der Waals surface area contributed by atoms with Gasteiger partial charge < -0.3 is 9.64 Å². The number of hydrogen-bond donors (Lipinski definition) is 0. The number of aryl methyl sites for hydroxylation is 1. The van der Waals surface area contributed by atoms with Crippen LogP contribution in [0.15, 0.2) is 18.2 Å². The van der Waals surface area contributed by atoms with E-state index < -0.39 is 0 Å². The van der Waals surface area contributed by atoms with Gasteiger partial charge in [-0.05, 0) is 48.9 Å². The molecular formula is C17H25NO2. The van der Waals surface area contributed by atoms with Crippen LogP contribution < -0.4 is 4.74 Å². The minimum atomic E-state index is 0.281. The Hall–Kier alpha value is -1.51. The molecule has 20 heavy (non-hydrogen) atoms. The van der Waals surface area contributed by atoms with Crippen molar-refractivity contribution in [1.29, 1.82) is 0 Å². The van der Waals surface area contributed by atoms with Crippen LogP contribution in [0.5, 0.6) is 5.75 Å². The number of benzene rings is 1. The molecule has 1 unspecified atom stereocenters. The van der Waals surface area contributed by atoms with Crippen molar-refractivity contribution in [2.75, 3.05) is 13.7 Å². The number of nitrogens with zero attached hydrogens (tertiary/aromatic N) is 1. The lowest BCUT2D eigenvalue weighted by atomic mass is 9.87. The molecule has 2 rings (SSSR count). The maximum absolute atomic E-state index is 12.1. The molecule has 0 radical (unpaired) electrons. The number of fused-ring (bicyclic) bond motifs is 1. The quantitative estimate of drug-likeness (QED) is 0.826. The highest BCUT2D eigenvalue weighted by molar-refractivity contribution is 5.76. The van der Waals surface area contributed by atoms with Gasteiger partial charge in [0.05, 0.1) is 7.11 Å². The van der Waals surface area contributed by atoms with E-state index in [4.69, 9.17) is 4.74 Å². The first-order chi connectivity index (χ1) is 9.69. The van der Waals surface area contributed by atoms with Crippen LogP contribution in [-0.4, -0.2) is 30.5 Å². The van der Waals surface area contributed by atoms with Gasteiger partial charge in [-0.2, -0.15) is 0 Å². The summed E-state index contributed by atoms with van der Waals surface area (Å²) in [5.74, 6) is 1.19. The molecule has 0 saturated carbocycles. The Kier molecular flexibility index (Phi) is 5.05. The van der Waals surface area contributed by atoms with Crippen molar-refractivity contribution < 1.29 is 9.53 Å². The van der Waals surface area contributed by atoms with Crippen LogP contribution in [0.2, 0.25) is 0 Å². The number of carbonyl (C=O) groups excluding carboxylic acids is 1. The summed E-state index contributed by atoms with van der Waals surface area (Å²) >= 11 is 0. The zero-order valence-corrected chi connectivity index (χ0v) is 12.8. The number of amides is 1. The Morgan fingerprint density at radius 1 is 1.35 bits per heavy atom. The standard InChI is InChI=1S/C17H25NO2/c1-4-10-18(17(19)5-2)15-8-6-13-7-9-16(20-3)12-14(13)11-15/h7,9,12,15H,4-6,8,10-11H2,1-3H3. The van der Waals surface area contributed by atoms with Crippen LogP contribution in [0.3, 0.4) is 0 Å². The highest BCUT2D eigenvalue weighted by Gasteiger charge is 2.26. The lowest BCUT2D eigenvalue weighted by Crippen LogP contribution is -2.43. The minimum absolute atomic E-state index is 0.281. The summed E-state index contributed by atoms with van der Waals surface area (Å²) in [6, 6.07) is 6.67. The predicted molar refractivity (Wildman–Crippen MR) is 81.1 cm³/mol. The molecule has 0 aliphatic heterocycles. The van der Waals surface area contributed by atoms with Gasteiger partial charge in [-0.1, -0.05) is 19.9 Å². The molecule has 1 aromatic carbocycles. The average Bonchev–Trinajstić information content (AvgIpc) is 2.50. The van der Waals surface area contributed by atoms with Gasteiger partial charge in [0.2, 0.25) is 5.91 Å². The molecular weight excluding hydrogens is 250 g/mol. The molecule has 0 fully saturated rings. The van der Waals surface area contributed by atoms with E-state index >= 15 is 0 Å². The minimum Gasteiger partial charge on any atom is -0.497 e. The highest BCUT2D eigenvalue weighted by Crippen LogP contribution is 2.28. The van der Waals surface area contributed by atoms with Crippen molar-refractivity contribution in [3.05, 3.63) is 29.3 Å². The van der Waals surface area contributed by atoms with E-state index in [2.05, 4.69) is 24.0 Å². The predicted octanol–water partition coefficient (Wildman–Crippen LogP) is 3.20. The Balaban J connectivity index is 2.17. The largest absolute Gasteiger partial charge is 0.497 e. The van der Waals surface area contributed by atoms with E-state index in [0.717, 1.165) is 38.0 Å². The zero-order valence-electron chi connectivity index (χ0n) is 12.8. The van der Waals surface area contributed by atoms with Crippen LogP contribution in [0, 0.1) is 0 Å². The molecule has 110 valence electrons. The third-order valence-corrected chi connectivity index (χ3v) is 4.14. The second-order valence-electron chi connectivity index (χ2n) is 5.47. The van der Waals surface area contributed by atoms with E-state index in [0.29, 0.717) is 12.5 Å². The number of methoxy groups -OCH3 is 1. The fourth-order valence-corrected chi connectivity index (χ4v) is 3.06. The molecule has 1 aliphatic carbocycles. The molecule has 0 saturated heterocycles. The molecule has 0 spiro atoms. The van der Waals surface area contributed by atoms with E-state index in [1.165, 1.54) is 11.1 Å². The van der Waals surface area contributed by atoms with E-state index in [-0.39, 0.29) is 5.91 Å². The van der Waals surface area contributed by atoms with Crippen molar-refractivity contribution >= 4 is 5.91 Å². The molecule has 3 nitrogen and oxygen atoms in total. The lowest BCUT2D eigenvalue weighted by Gasteiger charge is -2.35. The van der Waals surface area contributed by atoms with E-state index in [9.17, 15) is 4.79 Å². The molecule has 0 N–H and O–H groups in total. The van der Waals surface area contributed by atoms with Gasteiger partial charge in [-0.25, -0.2) is 0 Å². The van der Waals surface area contributed by atoms with Gasteiger partial charge in [-0.3, -0.25) is 4.79 Å². The average molecular weight is 275 g/mol. The summed E-state index contributed by atoms with van der Waals surface area (Å²) in [5.41, 5.74) is 2.74. The first-order valence-corrected chi connectivity index (χ1v) is 7.64. The van der Waals surface area contributed by atoms with Crippen molar-refractivity contribution in [2.45, 2.75) is 52.0 Å². The van der Waals surface area contributed by atoms with Crippen LogP contribution in [-0.2, 0) is 17.6 Å². The zero-order chi connectivity index (χ0) is 14.5. The normalized spacial score (nSPS) is 17.4. The first-order valence-electron chi connectivity index (χ1n) is 7.64. The molecule has 0 aromatic heterocycles. The van der Waals surface area contributed by atoms with Gasteiger partial charge in [0.25, 0.3) is 0 Å². The Morgan fingerprint density at radius 2 is 2.15 bits per heavy atom. The lowest BCUT2D eigenvalue weighted by molar-refractivity contribution is -0.133. The van der Waals surface area contributed by atoms with Gasteiger partial charge in [0.1, 0.15) is 5.75 Å². The second kappa shape index (κ2) is 6.78. The van der Waals surface area contributed by atoms with E-state index in [1.807, 2.05) is 13.0 Å². The SMILES string of the molecule is CCCN(C(=O)CC)C1CCc2ccc(OC)cc2C1. The number of carbonyl (C=O) groups is 1. The summed E-state index contributed by atoms with van der Waals surface area (Å²) in [4.78, 5) is 14.2. The summed E-state index contributed by atoms with van der Waals surface area (Å²) in [5, 5.41) is 0. The van der Waals surface area contributed by atoms with Crippen LogP contribution >= 0.6 is 0 Å². The molecule has 3 heteroatoms. The van der Waals surface area contributed by atoms with E-state index in [1.54, 1.807) is 7.11 Å². The Bertz CT molecular complexity index is 470. The molecule has 1 atom stereocenters. The van der Waals surface area contributed by atoms with Crippen LogP contribution in [0.1, 0.15) is 44.2 Å². The van der Waals surface area contributed by atoms with Crippen molar-refractivity contribution in [2.24, 2.45) is 0 Å². The fraction of sp³-hybridized carbons (Fsp3) is 0.588. The van der Waals surface area contributed by atoms with Gasteiger partial charge in [0, 0.05) is 19.0 Å². The van der Waals surface area contributed by atoms with Gasteiger partial charge >= 0.3 is 0 Å². The second-order valence-corrected chi connectivity index (χ2v) is 5.47. The third-order valence-electron chi connectivity index (χ3n) is 4.14. The molecule has 1 aliphatic rings. The van der Waals surface area contributed by atoms with Crippen molar-refractivity contribution in [3.63, 3.8) is 0 Å². The van der Waals surface area contributed by atoms with Gasteiger partial charge in [-0.15, -0.1) is 0 Å². The smallest absolute Gasteiger partial charge is 0.222 e. The summed E-state index contributed by atoms with van der Waals surface area (Å²) in [6.07, 6.45) is 4.71. The maximum atomic E-state index is 12.1. The molecule has 0 heterocycles. The van der Waals surface area contributed by atoms with Crippen LogP contribution in [0.25, 0.3) is 0 Å². The fourth-order valence-electron chi connectivity index (χ4n) is 3.06. The topological polar surface area (TPSA) is 29.5 Å². The number of hydrogen-bond acceptors (Lipinski definition) is 2. The van der Waals surface area contributed by atoms with Crippen molar-refractivity contribution in [3.8, 4) is 5.75 Å². The van der Waals surface area contributed by atoms with Gasteiger partial charge in [0.15, 0.2) is 0 Å². The molecule has 0 bridgehead atoms. The Morgan fingerprint density at radius 3 is 2.80 bits per heavy atom. The summed E-state index contributed by atoms with van der Waals surface area (Å²) in [7, 11) is 1.70. The number of rotatable bonds is 5. The van der Waals surface area contributed by atoms with Crippen LogP contribution in [0.4, 0.5) is 0 Å². The monoisotopic (exact) mass is 275 g/mol. The first kappa shape index (κ1) is 14.9. The molecule has 1 amide bonds. The van der Waals surface area contributed by atoms with Crippen molar-refractivity contribution in [1.82, 2.24) is 4.90 Å².